The molecule has 1 fully saturated rings. The second-order valence-electron chi connectivity index (χ2n) is 7.05. The number of aliphatic hydroxyl groups is 3. The lowest BCUT2D eigenvalue weighted by Crippen LogP contribution is -2.20. The van der Waals surface area contributed by atoms with Gasteiger partial charge in [0.1, 0.15) is 0 Å². The average molecular weight is 354 g/mol. The van der Waals surface area contributed by atoms with Gasteiger partial charge in [-0.1, -0.05) is 44.1 Å². The van der Waals surface area contributed by atoms with Gasteiger partial charge in [-0.25, -0.2) is 0 Å². The summed E-state index contributed by atoms with van der Waals surface area (Å²) in [5.41, 5.74) is 0. The standard InChI is InChI=1S/C20H34O5/c1-2-3-4-5-6-7-10-16-17(19(23)14-18(16)22)13-12-15(21)9-8-11-20(24)25/h6-7,12-13,15-19,21-23H,2-5,8-11,14H2,1H3,(H,24,25)/b7-6-,13-12+/t15-,16-,17+,18-,19+/m0/s1. The van der Waals surface area contributed by atoms with Crippen molar-refractivity contribution in [2.45, 2.75) is 83.0 Å². The Bertz CT molecular complexity index is 432. The van der Waals surface area contributed by atoms with E-state index in [4.69, 9.17) is 5.11 Å². The number of aliphatic carboxylic acids is 1. The van der Waals surface area contributed by atoms with Crippen LogP contribution in [-0.2, 0) is 4.79 Å². The van der Waals surface area contributed by atoms with Crippen molar-refractivity contribution in [2.75, 3.05) is 0 Å². The largest absolute Gasteiger partial charge is 0.481 e. The molecule has 1 saturated carbocycles. The SMILES string of the molecule is CCCCC/C=C\C[C@H]1[C@@H](/C=C/[C@@H](O)CCCC(=O)O)[C@H](O)C[C@@H]1O. The third kappa shape index (κ3) is 8.66. The first-order chi connectivity index (χ1) is 12.0. The molecule has 0 aromatic carbocycles. The summed E-state index contributed by atoms with van der Waals surface area (Å²) < 4.78 is 0. The zero-order valence-electron chi connectivity index (χ0n) is 15.3. The summed E-state index contributed by atoms with van der Waals surface area (Å²) in [6, 6.07) is 0. The van der Waals surface area contributed by atoms with E-state index < -0.39 is 24.3 Å². The number of carboxylic acid groups (broad SMARTS) is 1. The molecule has 1 aliphatic carbocycles. The van der Waals surface area contributed by atoms with Crippen LogP contribution in [0.1, 0.15) is 64.7 Å². The van der Waals surface area contributed by atoms with Gasteiger partial charge >= 0.3 is 5.97 Å². The predicted molar refractivity (Wildman–Crippen MR) is 98.1 cm³/mol. The fourth-order valence-corrected chi connectivity index (χ4v) is 3.41. The Morgan fingerprint density at radius 2 is 1.92 bits per heavy atom. The predicted octanol–water partition coefficient (Wildman–Crippen LogP) is 3.04. The van der Waals surface area contributed by atoms with Crippen molar-refractivity contribution in [1.82, 2.24) is 0 Å². The highest BCUT2D eigenvalue weighted by Gasteiger charge is 2.39. The van der Waals surface area contributed by atoms with Gasteiger partial charge in [-0.15, -0.1) is 0 Å². The van der Waals surface area contributed by atoms with Gasteiger partial charge in [0.2, 0.25) is 0 Å². The number of hydrogen-bond acceptors (Lipinski definition) is 4. The summed E-state index contributed by atoms with van der Waals surface area (Å²) in [6.45, 7) is 2.17. The number of allylic oxidation sites excluding steroid dienone is 2. The highest BCUT2D eigenvalue weighted by Crippen LogP contribution is 2.36. The molecular weight excluding hydrogens is 320 g/mol. The van der Waals surface area contributed by atoms with Crippen molar-refractivity contribution in [1.29, 1.82) is 0 Å². The van der Waals surface area contributed by atoms with E-state index in [1.54, 1.807) is 12.2 Å². The normalized spacial score (nSPS) is 28.2. The monoisotopic (exact) mass is 354 g/mol. The lowest BCUT2D eigenvalue weighted by molar-refractivity contribution is -0.137. The highest BCUT2D eigenvalue weighted by molar-refractivity contribution is 5.66. The number of hydrogen-bond donors (Lipinski definition) is 4. The average Bonchev–Trinajstić information content (AvgIpc) is 2.81. The van der Waals surface area contributed by atoms with Gasteiger partial charge < -0.3 is 20.4 Å². The van der Waals surface area contributed by atoms with Gasteiger partial charge in [0, 0.05) is 18.8 Å². The summed E-state index contributed by atoms with van der Waals surface area (Å²) >= 11 is 0. The molecular formula is C20H34O5. The zero-order valence-corrected chi connectivity index (χ0v) is 15.3. The maximum absolute atomic E-state index is 10.5. The van der Waals surface area contributed by atoms with Crippen LogP contribution in [0, 0.1) is 11.8 Å². The lowest BCUT2D eigenvalue weighted by atomic mass is 9.89. The van der Waals surface area contributed by atoms with E-state index in [-0.39, 0.29) is 18.3 Å². The van der Waals surface area contributed by atoms with Gasteiger partial charge in [-0.2, -0.15) is 0 Å². The van der Waals surface area contributed by atoms with E-state index in [9.17, 15) is 20.1 Å². The Kier molecular flexibility index (Phi) is 10.7. The molecule has 0 heterocycles. The minimum absolute atomic E-state index is 0.0418. The quantitative estimate of drug-likeness (QED) is 0.319. The molecule has 144 valence electrons. The van der Waals surface area contributed by atoms with Gasteiger partial charge in [-0.3, -0.25) is 4.79 Å². The van der Waals surface area contributed by atoms with Crippen molar-refractivity contribution in [3.63, 3.8) is 0 Å². The van der Waals surface area contributed by atoms with Crippen molar-refractivity contribution < 1.29 is 25.2 Å². The number of aliphatic hydroxyl groups excluding tert-OH is 3. The van der Waals surface area contributed by atoms with E-state index >= 15 is 0 Å². The summed E-state index contributed by atoms with van der Waals surface area (Å²) in [4.78, 5) is 10.5. The van der Waals surface area contributed by atoms with Crippen LogP contribution in [0.25, 0.3) is 0 Å². The first kappa shape index (κ1) is 21.9. The van der Waals surface area contributed by atoms with E-state index in [1.165, 1.54) is 19.3 Å². The number of carbonyl (C=O) groups is 1. The third-order valence-electron chi connectivity index (χ3n) is 4.91. The summed E-state index contributed by atoms with van der Waals surface area (Å²) in [5, 5.41) is 38.9. The maximum Gasteiger partial charge on any atom is 0.303 e. The Labute approximate surface area is 151 Å². The summed E-state index contributed by atoms with van der Waals surface area (Å²) in [7, 11) is 0. The molecule has 0 unspecified atom stereocenters. The van der Waals surface area contributed by atoms with Crippen molar-refractivity contribution in [3.8, 4) is 0 Å². The summed E-state index contributed by atoms with van der Waals surface area (Å²) in [6.07, 6.45) is 12.4. The first-order valence-corrected chi connectivity index (χ1v) is 9.55. The first-order valence-electron chi connectivity index (χ1n) is 9.55. The van der Waals surface area contributed by atoms with Gasteiger partial charge in [0.15, 0.2) is 0 Å². The summed E-state index contributed by atoms with van der Waals surface area (Å²) in [5.74, 6) is -1.08. The molecule has 0 radical (unpaired) electrons. The number of carboxylic acids is 1. The van der Waals surface area contributed by atoms with E-state index in [0.717, 1.165) is 6.42 Å². The Hall–Kier alpha value is -1.17. The number of rotatable bonds is 12. The molecule has 0 aromatic rings. The molecule has 5 heteroatoms. The maximum atomic E-state index is 10.5. The topological polar surface area (TPSA) is 98.0 Å². The fourth-order valence-electron chi connectivity index (χ4n) is 3.41. The Morgan fingerprint density at radius 3 is 2.60 bits per heavy atom. The van der Waals surface area contributed by atoms with Crippen molar-refractivity contribution >= 4 is 5.97 Å². The van der Waals surface area contributed by atoms with Crippen LogP contribution in [0.15, 0.2) is 24.3 Å². The fraction of sp³-hybridized carbons (Fsp3) is 0.750. The van der Waals surface area contributed by atoms with Gasteiger partial charge in [-0.05, 0) is 38.0 Å². The molecule has 0 aromatic heterocycles. The van der Waals surface area contributed by atoms with Crippen LogP contribution in [0.2, 0.25) is 0 Å². The van der Waals surface area contributed by atoms with Gasteiger partial charge in [0.25, 0.3) is 0 Å². The third-order valence-corrected chi connectivity index (χ3v) is 4.91. The van der Waals surface area contributed by atoms with Crippen LogP contribution in [0.4, 0.5) is 0 Å². The van der Waals surface area contributed by atoms with E-state index in [0.29, 0.717) is 25.7 Å². The minimum Gasteiger partial charge on any atom is -0.481 e. The molecule has 0 spiro atoms. The zero-order chi connectivity index (χ0) is 18.7. The van der Waals surface area contributed by atoms with Crippen LogP contribution in [0.5, 0.6) is 0 Å². The molecule has 0 amide bonds. The Morgan fingerprint density at radius 1 is 1.16 bits per heavy atom. The smallest absolute Gasteiger partial charge is 0.303 e. The Balaban J connectivity index is 2.47. The minimum atomic E-state index is -0.865. The van der Waals surface area contributed by atoms with E-state index in [1.807, 2.05) is 0 Å². The van der Waals surface area contributed by atoms with Crippen LogP contribution < -0.4 is 0 Å². The number of unbranched alkanes of at least 4 members (excludes halogenated alkanes) is 3. The second kappa shape index (κ2) is 12.2. The highest BCUT2D eigenvalue weighted by atomic mass is 16.4. The molecule has 1 rings (SSSR count). The van der Waals surface area contributed by atoms with Crippen LogP contribution in [0.3, 0.4) is 0 Å². The van der Waals surface area contributed by atoms with E-state index in [2.05, 4.69) is 19.1 Å². The van der Waals surface area contributed by atoms with Crippen LogP contribution in [-0.4, -0.2) is 44.7 Å². The van der Waals surface area contributed by atoms with Crippen molar-refractivity contribution in [2.24, 2.45) is 11.8 Å². The second-order valence-corrected chi connectivity index (χ2v) is 7.05. The molecule has 0 aliphatic heterocycles. The molecule has 25 heavy (non-hydrogen) atoms. The molecule has 5 nitrogen and oxygen atoms in total. The lowest BCUT2D eigenvalue weighted by Gasteiger charge is -2.19. The molecule has 0 bridgehead atoms. The van der Waals surface area contributed by atoms with Crippen molar-refractivity contribution in [3.05, 3.63) is 24.3 Å². The van der Waals surface area contributed by atoms with Gasteiger partial charge in [0.05, 0.1) is 18.3 Å². The van der Waals surface area contributed by atoms with Crippen LogP contribution >= 0.6 is 0 Å². The molecule has 4 N–H and O–H groups in total. The molecule has 0 saturated heterocycles. The molecule has 5 atom stereocenters. The molecule has 1 aliphatic rings.